The van der Waals surface area contributed by atoms with Crippen molar-refractivity contribution in [3.63, 3.8) is 0 Å². The van der Waals surface area contributed by atoms with Gasteiger partial charge in [-0.2, -0.15) is 4.98 Å². The molecule has 0 unspecified atom stereocenters. The molecule has 1 aliphatic rings. The summed E-state index contributed by atoms with van der Waals surface area (Å²) in [7, 11) is 0. The molecule has 176 valence electrons. The predicted molar refractivity (Wildman–Crippen MR) is 137 cm³/mol. The summed E-state index contributed by atoms with van der Waals surface area (Å²) in [5, 5.41) is 14.6. The number of amides is 1. The highest BCUT2D eigenvalue weighted by atomic mass is 16.3. The van der Waals surface area contributed by atoms with Crippen molar-refractivity contribution in [1.82, 2.24) is 14.5 Å². The Balaban J connectivity index is 1.59. The summed E-state index contributed by atoms with van der Waals surface area (Å²) in [6.45, 7) is 1.97. The molecule has 0 atom stereocenters. The molecule has 1 saturated carbocycles. The van der Waals surface area contributed by atoms with Crippen LogP contribution in [-0.4, -0.2) is 31.1 Å². The molecule has 5 rings (SSSR count). The van der Waals surface area contributed by atoms with Gasteiger partial charge in [0.25, 0.3) is 5.91 Å². The number of hydrogen-bond acceptors (Lipinski definition) is 5. The van der Waals surface area contributed by atoms with E-state index in [0.717, 1.165) is 41.3 Å². The second-order valence-corrected chi connectivity index (χ2v) is 9.08. The van der Waals surface area contributed by atoms with Crippen LogP contribution in [0.3, 0.4) is 0 Å². The molecule has 7 heteroatoms. The van der Waals surface area contributed by atoms with Gasteiger partial charge in [0.1, 0.15) is 17.1 Å². The zero-order valence-electron chi connectivity index (χ0n) is 19.6. The number of benzene rings is 2. The maximum absolute atomic E-state index is 13.4. The summed E-state index contributed by atoms with van der Waals surface area (Å²) in [5.41, 5.74) is 8.62. The van der Waals surface area contributed by atoms with E-state index in [0.29, 0.717) is 30.0 Å². The van der Waals surface area contributed by atoms with E-state index >= 15 is 0 Å². The molecule has 4 N–H and O–H groups in total. The molecule has 1 aliphatic carbocycles. The Bertz CT molecular complexity index is 1470. The number of hydrogen-bond donors (Lipinski definition) is 3. The van der Waals surface area contributed by atoms with E-state index in [-0.39, 0.29) is 11.9 Å². The largest absolute Gasteiger partial charge is 0.378 e. The van der Waals surface area contributed by atoms with Crippen LogP contribution in [0, 0.1) is 18.8 Å². The summed E-state index contributed by atoms with van der Waals surface area (Å²) in [4.78, 5) is 21.7. The molecule has 0 radical (unpaired) electrons. The summed E-state index contributed by atoms with van der Waals surface area (Å²) < 4.78 is 1.76. The number of aromatic nitrogens is 3. The van der Waals surface area contributed by atoms with Crippen LogP contribution < -0.4 is 11.1 Å². The highest BCUT2D eigenvalue weighted by molar-refractivity contribution is 6.07. The quantitative estimate of drug-likeness (QED) is 0.383. The van der Waals surface area contributed by atoms with Crippen LogP contribution in [0.2, 0.25) is 0 Å². The fraction of sp³-hybridized carbons (Fsp3) is 0.250. The van der Waals surface area contributed by atoms with E-state index in [4.69, 9.17) is 5.73 Å². The number of anilines is 2. The highest BCUT2D eigenvalue weighted by Crippen LogP contribution is 2.28. The predicted octanol–water partition coefficient (Wildman–Crippen LogP) is 4.61. The molecule has 2 aromatic carbocycles. The molecule has 0 spiro atoms. The lowest BCUT2D eigenvalue weighted by atomic mass is 9.85. The number of aryl methyl sites for hydroxylation is 1. The highest BCUT2D eigenvalue weighted by Gasteiger charge is 2.26. The maximum Gasteiger partial charge on any atom is 0.272 e. The van der Waals surface area contributed by atoms with Gasteiger partial charge < -0.3 is 16.2 Å². The summed E-state index contributed by atoms with van der Waals surface area (Å²) in [6, 6.07) is 16.9. The van der Waals surface area contributed by atoms with Gasteiger partial charge in [0.05, 0.1) is 5.52 Å². The van der Waals surface area contributed by atoms with Crippen molar-refractivity contribution < 1.29 is 9.90 Å². The van der Waals surface area contributed by atoms with Gasteiger partial charge in [0.2, 0.25) is 5.95 Å². The first-order valence-electron chi connectivity index (χ1n) is 11.8. The first-order chi connectivity index (χ1) is 16.9. The number of carbonyl (C=O) groups excluding carboxylic acids is 1. The molecule has 0 saturated heterocycles. The lowest BCUT2D eigenvalue weighted by Gasteiger charge is -2.26. The lowest BCUT2D eigenvalue weighted by molar-refractivity contribution is 0.0610. The molecular weight excluding hydrogens is 438 g/mol. The smallest absolute Gasteiger partial charge is 0.272 e. The Morgan fingerprint density at radius 1 is 1.11 bits per heavy atom. The topological polar surface area (TPSA) is 106 Å². The number of nitrogen functional groups attached to an aromatic ring is 1. The van der Waals surface area contributed by atoms with Gasteiger partial charge in [0.15, 0.2) is 0 Å². The van der Waals surface area contributed by atoms with E-state index in [2.05, 4.69) is 27.1 Å². The van der Waals surface area contributed by atoms with Crippen LogP contribution in [0.5, 0.6) is 0 Å². The molecule has 2 aromatic heterocycles. The molecular formula is C28H27N5O2. The number of fused-ring (bicyclic) bond motifs is 1. The Kier molecular flexibility index (Phi) is 5.98. The zero-order chi connectivity index (χ0) is 24.4. The number of aliphatic hydroxyl groups is 1. The average Bonchev–Trinajstić information content (AvgIpc) is 3.22. The van der Waals surface area contributed by atoms with Crippen molar-refractivity contribution in [3.8, 4) is 17.7 Å². The summed E-state index contributed by atoms with van der Waals surface area (Å²) in [5.74, 6) is 6.57. The van der Waals surface area contributed by atoms with E-state index in [1.54, 1.807) is 16.8 Å². The molecule has 1 fully saturated rings. The van der Waals surface area contributed by atoms with Gasteiger partial charge in [-0.15, -0.1) is 0 Å². The van der Waals surface area contributed by atoms with E-state index in [1.807, 2.05) is 55.5 Å². The number of nitrogens with one attached hydrogen (secondary N) is 1. The van der Waals surface area contributed by atoms with Crippen LogP contribution >= 0.6 is 0 Å². The molecule has 0 aliphatic heterocycles. The van der Waals surface area contributed by atoms with Crippen LogP contribution in [0.1, 0.15) is 53.7 Å². The fourth-order valence-electron chi connectivity index (χ4n) is 4.55. The zero-order valence-corrected chi connectivity index (χ0v) is 19.6. The average molecular weight is 466 g/mol. The standard InChI is InChI=1S/C28H27N5O2/c1-19-6-5-7-22(16-19)31-26(34)24-18-21-9-8-20(10-14-28(35)12-3-2-4-13-28)17-23(21)33(24)25-11-15-30-27(29)32-25/h5-9,11,15-18,35H,2-4,12-13H2,1H3,(H,31,34)(H2,29,30,32). The minimum absolute atomic E-state index is 0.116. The lowest BCUT2D eigenvalue weighted by Crippen LogP contribution is -2.29. The third-order valence-electron chi connectivity index (χ3n) is 6.32. The van der Waals surface area contributed by atoms with Crippen molar-refractivity contribution in [2.45, 2.75) is 44.6 Å². The number of nitrogens with zero attached hydrogens (tertiary/aromatic N) is 3. The molecule has 2 heterocycles. The van der Waals surface area contributed by atoms with Crippen LogP contribution in [0.4, 0.5) is 11.6 Å². The Hall–Kier alpha value is -4.15. The summed E-state index contributed by atoms with van der Waals surface area (Å²) >= 11 is 0. The molecule has 35 heavy (non-hydrogen) atoms. The monoisotopic (exact) mass is 465 g/mol. The third-order valence-corrected chi connectivity index (χ3v) is 6.32. The van der Waals surface area contributed by atoms with Crippen LogP contribution in [0.25, 0.3) is 16.7 Å². The normalized spacial score (nSPS) is 14.8. The third kappa shape index (κ3) is 4.88. The number of rotatable bonds is 3. The maximum atomic E-state index is 13.4. The Morgan fingerprint density at radius 3 is 2.71 bits per heavy atom. The van der Waals surface area contributed by atoms with Crippen LogP contribution in [0.15, 0.2) is 60.8 Å². The van der Waals surface area contributed by atoms with Gasteiger partial charge >= 0.3 is 0 Å². The molecule has 7 nitrogen and oxygen atoms in total. The van der Waals surface area contributed by atoms with Crippen LogP contribution in [-0.2, 0) is 0 Å². The van der Waals surface area contributed by atoms with Gasteiger partial charge in [-0.3, -0.25) is 9.36 Å². The first kappa shape index (κ1) is 22.6. The van der Waals surface area contributed by atoms with E-state index in [1.165, 1.54) is 0 Å². The minimum Gasteiger partial charge on any atom is -0.378 e. The van der Waals surface area contributed by atoms with Crippen molar-refractivity contribution in [1.29, 1.82) is 0 Å². The first-order valence-corrected chi connectivity index (χ1v) is 11.8. The SMILES string of the molecule is Cc1cccc(NC(=O)c2cc3ccc(C#CC4(O)CCCCC4)cc3n2-c2ccnc(N)n2)c1. The second-order valence-electron chi connectivity index (χ2n) is 9.08. The minimum atomic E-state index is -0.935. The Labute approximate surface area is 204 Å². The second kappa shape index (κ2) is 9.24. The van der Waals surface area contributed by atoms with Gasteiger partial charge in [0, 0.05) is 22.8 Å². The van der Waals surface area contributed by atoms with Crippen molar-refractivity contribution >= 4 is 28.4 Å². The van der Waals surface area contributed by atoms with E-state index in [9.17, 15) is 9.90 Å². The van der Waals surface area contributed by atoms with E-state index < -0.39 is 5.60 Å². The number of nitrogens with two attached hydrogens (primary N) is 1. The Morgan fingerprint density at radius 2 is 1.94 bits per heavy atom. The van der Waals surface area contributed by atoms with Crippen molar-refractivity contribution in [2.24, 2.45) is 0 Å². The van der Waals surface area contributed by atoms with Gasteiger partial charge in [-0.1, -0.05) is 36.5 Å². The summed E-state index contributed by atoms with van der Waals surface area (Å²) in [6.07, 6.45) is 6.07. The fourth-order valence-corrected chi connectivity index (χ4v) is 4.55. The molecule has 4 aromatic rings. The molecule has 1 amide bonds. The number of carbonyl (C=O) groups is 1. The van der Waals surface area contributed by atoms with Crippen molar-refractivity contribution in [2.75, 3.05) is 11.1 Å². The van der Waals surface area contributed by atoms with Crippen molar-refractivity contribution in [3.05, 3.63) is 77.6 Å². The van der Waals surface area contributed by atoms with Gasteiger partial charge in [-0.05, 0) is 74.6 Å². The van der Waals surface area contributed by atoms with Gasteiger partial charge in [-0.25, -0.2) is 4.98 Å². The molecule has 0 bridgehead atoms.